The van der Waals surface area contributed by atoms with Crippen LogP contribution in [-0.2, 0) is 19.0 Å². The molecule has 1 heterocycles. The number of aryl methyl sites for hydroxylation is 1. The summed E-state index contributed by atoms with van der Waals surface area (Å²) in [7, 11) is -3.66. The molecule has 1 aromatic rings. The summed E-state index contributed by atoms with van der Waals surface area (Å²) >= 11 is 0. The van der Waals surface area contributed by atoms with Gasteiger partial charge in [0.15, 0.2) is 0 Å². The molecule has 0 amide bonds. The van der Waals surface area contributed by atoms with Crippen LogP contribution in [0, 0.1) is 6.92 Å². The molecule has 4 nitrogen and oxygen atoms in total. The molecule has 5 heteroatoms. The molecule has 2 atom stereocenters. The van der Waals surface area contributed by atoms with Crippen molar-refractivity contribution in [3.8, 4) is 0 Å². The van der Waals surface area contributed by atoms with Crippen LogP contribution in [-0.4, -0.2) is 27.2 Å². The lowest BCUT2D eigenvalue weighted by Crippen LogP contribution is -2.19. The Kier molecular flexibility index (Phi) is 4.04. The molecule has 100 valence electrons. The van der Waals surface area contributed by atoms with E-state index in [0.29, 0.717) is 0 Å². The first kappa shape index (κ1) is 13.5. The molecule has 0 bridgehead atoms. The van der Waals surface area contributed by atoms with Crippen molar-refractivity contribution in [1.29, 1.82) is 0 Å². The Hall–Kier alpha value is -0.910. The van der Waals surface area contributed by atoms with Gasteiger partial charge in [-0.15, -0.1) is 0 Å². The predicted octanol–water partition coefficient (Wildman–Crippen LogP) is 2.27. The van der Waals surface area contributed by atoms with Crippen molar-refractivity contribution >= 4 is 10.1 Å². The quantitative estimate of drug-likeness (QED) is 0.788. The van der Waals surface area contributed by atoms with Gasteiger partial charge in [0, 0.05) is 0 Å². The summed E-state index contributed by atoms with van der Waals surface area (Å²) in [6.07, 6.45) is 1.89. The molecule has 0 aliphatic carbocycles. The molecule has 1 aliphatic rings. The maximum Gasteiger partial charge on any atom is 0.297 e. The zero-order valence-electron chi connectivity index (χ0n) is 10.6. The summed E-state index contributed by atoms with van der Waals surface area (Å²) in [5, 5.41) is 0. The van der Waals surface area contributed by atoms with Gasteiger partial charge in [-0.1, -0.05) is 17.7 Å². The summed E-state index contributed by atoms with van der Waals surface area (Å²) < 4.78 is 34.4. The number of benzene rings is 1. The van der Waals surface area contributed by atoms with Crippen molar-refractivity contribution in [2.45, 2.75) is 43.8 Å². The SMILES string of the molecule is Cc1ccc(S(=O)(=O)OCC2CC[C@@H](C)O2)cc1. The van der Waals surface area contributed by atoms with Gasteiger partial charge in [0.05, 0.1) is 23.7 Å². The van der Waals surface area contributed by atoms with Gasteiger partial charge in [0.2, 0.25) is 0 Å². The van der Waals surface area contributed by atoms with Crippen LogP contribution in [0.2, 0.25) is 0 Å². The van der Waals surface area contributed by atoms with Crippen LogP contribution in [0.3, 0.4) is 0 Å². The molecule has 1 saturated heterocycles. The van der Waals surface area contributed by atoms with Crippen molar-refractivity contribution in [1.82, 2.24) is 0 Å². The van der Waals surface area contributed by atoms with E-state index in [1.807, 2.05) is 13.8 Å². The van der Waals surface area contributed by atoms with E-state index in [0.717, 1.165) is 18.4 Å². The molecule has 0 saturated carbocycles. The number of hydrogen-bond donors (Lipinski definition) is 0. The molecule has 0 spiro atoms. The van der Waals surface area contributed by atoms with Gasteiger partial charge in [0.25, 0.3) is 10.1 Å². The topological polar surface area (TPSA) is 52.6 Å². The van der Waals surface area contributed by atoms with Crippen LogP contribution in [0.1, 0.15) is 25.3 Å². The Labute approximate surface area is 108 Å². The third kappa shape index (κ3) is 3.31. The second-order valence-electron chi connectivity index (χ2n) is 4.70. The minimum absolute atomic E-state index is 0.0978. The third-order valence-corrected chi connectivity index (χ3v) is 4.33. The van der Waals surface area contributed by atoms with Crippen LogP contribution in [0.15, 0.2) is 29.2 Å². The standard InChI is InChI=1S/C13H18O4S/c1-10-3-7-13(8-4-10)18(14,15)16-9-12-6-5-11(2)17-12/h3-4,7-8,11-12H,5-6,9H2,1-2H3/t11-,12?/m1/s1. The van der Waals surface area contributed by atoms with Crippen molar-refractivity contribution in [2.24, 2.45) is 0 Å². The van der Waals surface area contributed by atoms with Gasteiger partial charge < -0.3 is 4.74 Å². The van der Waals surface area contributed by atoms with E-state index in [4.69, 9.17) is 8.92 Å². The fraction of sp³-hybridized carbons (Fsp3) is 0.538. The first-order chi connectivity index (χ1) is 8.47. The number of hydrogen-bond acceptors (Lipinski definition) is 4. The molecule has 1 aromatic carbocycles. The van der Waals surface area contributed by atoms with Gasteiger partial charge in [0.1, 0.15) is 0 Å². The largest absolute Gasteiger partial charge is 0.373 e. The van der Waals surface area contributed by atoms with E-state index in [-0.39, 0.29) is 23.7 Å². The summed E-state index contributed by atoms with van der Waals surface area (Å²) in [5.74, 6) is 0. The highest BCUT2D eigenvalue weighted by Crippen LogP contribution is 2.21. The fourth-order valence-corrected chi connectivity index (χ4v) is 2.88. The Morgan fingerprint density at radius 1 is 1.28 bits per heavy atom. The third-order valence-electron chi connectivity index (χ3n) is 3.04. The molecule has 1 unspecified atom stereocenters. The highest BCUT2D eigenvalue weighted by atomic mass is 32.2. The lowest BCUT2D eigenvalue weighted by molar-refractivity contribution is 0.0279. The minimum Gasteiger partial charge on any atom is -0.373 e. The average molecular weight is 270 g/mol. The van der Waals surface area contributed by atoms with Crippen LogP contribution in [0.4, 0.5) is 0 Å². The number of rotatable bonds is 4. The first-order valence-corrected chi connectivity index (χ1v) is 7.50. The van der Waals surface area contributed by atoms with Crippen molar-refractivity contribution < 1.29 is 17.3 Å². The van der Waals surface area contributed by atoms with Crippen LogP contribution < -0.4 is 0 Å². The summed E-state index contributed by atoms with van der Waals surface area (Å²) in [4.78, 5) is 0.194. The molecule has 1 fully saturated rings. The maximum atomic E-state index is 11.9. The highest BCUT2D eigenvalue weighted by molar-refractivity contribution is 7.86. The van der Waals surface area contributed by atoms with Gasteiger partial charge in [-0.2, -0.15) is 8.42 Å². The molecule has 0 N–H and O–H groups in total. The van der Waals surface area contributed by atoms with E-state index >= 15 is 0 Å². The summed E-state index contributed by atoms with van der Waals surface area (Å²) in [6, 6.07) is 6.63. The zero-order chi connectivity index (χ0) is 13.2. The van der Waals surface area contributed by atoms with Crippen LogP contribution in [0.25, 0.3) is 0 Å². The molecule has 1 aliphatic heterocycles. The Balaban J connectivity index is 1.97. The smallest absolute Gasteiger partial charge is 0.297 e. The predicted molar refractivity (Wildman–Crippen MR) is 67.9 cm³/mol. The molecule has 0 radical (unpaired) electrons. The van der Waals surface area contributed by atoms with E-state index in [1.54, 1.807) is 24.3 Å². The maximum absolute atomic E-state index is 11.9. The zero-order valence-corrected chi connectivity index (χ0v) is 11.4. The molecular weight excluding hydrogens is 252 g/mol. The monoisotopic (exact) mass is 270 g/mol. The first-order valence-electron chi connectivity index (χ1n) is 6.09. The average Bonchev–Trinajstić information content (AvgIpc) is 2.73. The van der Waals surface area contributed by atoms with Crippen molar-refractivity contribution in [3.05, 3.63) is 29.8 Å². The Morgan fingerprint density at radius 3 is 2.50 bits per heavy atom. The fourth-order valence-electron chi connectivity index (χ4n) is 1.95. The summed E-state index contributed by atoms with van der Waals surface area (Å²) in [6.45, 7) is 3.99. The van der Waals surface area contributed by atoms with E-state index < -0.39 is 10.1 Å². The highest BCUT2D eigenvalue weighted by Gasteiger charge is 2.25. The van der Waals surface area contributed by atoms with Crippen LogP contribution >= 0.6 is 0 Å². The molecule has 0 aromatic heterocycles. The summed E-state index contributed by atoms with van der Waals surface area (Å²) in [5.41, 5.74) is 1.02. The van der Waals surface area contributed by atoms with Gasteiger partial charge in [-0.05, 0) is 38.8 Å². The second-order valence-corrected chi connectivity index (χ2v) is 6.31. The lowest BCUT2D eigenvalue weighted by Gasteiger charge is -2.11. The molecular formula is C13H18O4S. The van der Waals surface area contributed by atoms with E-state index in [1.165, 1.54) is 0 Å². The Bertz CT molecular complexity index is 492. The van der Waals surface area contributed by atoms with E-state index in [2.05, 4.69) is 0 Å². The molecule has 18 heavy (non-hydrogen) atoms. The van der Waals surface area contributed by atoms with E-state index in [9.17, 15) is 8.42 Å². The molecule has 2 rings (SSSR count). The Morgan fingerprint density at radius 2 is 1.94 bits per heavy atom. The van der Waals surface area contributed by atoms with Gasteiger partial charge in [-0.3, -0.25) is 4.18 Å². The minimum atomic E-state index is -3.66. The van der Waals surface area contributed by atoms with Gasteiger partial charge in [-0.25, -0.2) is 0 Å². The second kappa shape index (κ2) is 5.38. The normalized spacial score (nSPS) is 24.3. The van der Waals surface area contributed by atoms with Gasteiger partial charge >= 0.3 is 0 Å². The lowest BCUT2D eigenvalue weighted by atomic mass is 10.2. The van der Waals surface area contributed by atoms with Crippen LogP contribution in [0.5, 0.6) is 0 Å². The number of ether oxygens (including phenoxy) is 1. The van der Waals surface area contributed by atoms with Crippen molar-refractivity contribution in [2.75, 3.05) is 6.61 Å². The van der Waals surface area contributed by atoms with Crippen molar-refractivity contribution in [3.63, 3.8) is 0 Å².